The van der Waals surface area contributed by atoms with E-state index in [0.717, 1.165) is 78.2 Å². The quantitative estimate of drug-likeness (QED) is 0.188. The van der Waals surface area contributed by atoms with Crippen LogP contribution in [0, 0.1) is 0 Å². The zero-order valence-corrected chi connectivity index (χ0v) is 27.9. The molecule has 0 spiro atoms. The van der Waals surface area contributed by atoms with Crippen LogP contribution in [0.25, 0.3) is 98.4 Å². The van der Waals surface area contributed by atoms with E-state index in [0.29, 0.717) is 0 Å². The number of thiophene rings is 1. The Hall–Kier alpha value is -6.70. The van der Waals surface area contributed by atoms with E-state index in [1.54, 1.807) is 0 Å². The van der Waals surface area contributed by atoms with Crippen molar-refractivity contribution in [2.45, 2.75) is 0 Å². The van der Waals surface area contributed by atoms with Gasteiger partial charge in [0, 0.05) is 21.2 Å². The molecule has 6 nitrogen and oxygen atoms in total. The van der Waals surface area contributed by atoms with Crippen LogP contribution >= 0.6 is 11.3 Å². The zero-order valence-electron chi connectivity index (χ0n) is 27.1. The van der Waals surface area contributed by atoms with Crippen LogP contribution in [-0.4, -0.2) is 27.9 Å². The van der Waals surface area contributed by atoms with Crippen molar-refractivity contribution < 1.29 is 0 Å². The number of nitrogens with zero attached hydrogens (tertiary/aromatic N) is 6. The second-order valence-corrected chi connectivity index (χ2v) is 14.2. The van der Waals surface area contributed by atoms with Gasteiger partial charge in [-0.3, -0.25) is 17.9 Å². The summed E-state index contributed by atoms with van der Waals surface area (Å²) in [5.41, 5.74) is 13.2. The molecule has 0 saturated heterocycles. The molecular weight excluding hydrogens is 645 g/mol. The summed E-state index contributed by atoms with van der Waals surface area (Å²) in [7, 11) is 0. The first-order chi connectivity index (χ1) is 25.3. The summed E-state index contributed by atoms with van der Waals surface area (Å²) < 4.78 is 11.8. The lowest BCUT2D eigenvalue weighted by Gasteiger charge is -2.09. The van der Waals surface area contributed by atoms with Crippen molar-refractivity contribution >= 4 is 87.2 Å². The van der Waals surface area contributed by atoms with Crippen LogP contribution in [0.1, 0.15) is 0 Å². The van der Waals surface area contributed by atoms with Crippen molar-refractivity contribution in [3.63, 3.8) is 0 Å². The Morgan fingerprint density at radius 1 is 0.412 bits per heavy atom. The molecular formula is C44H26N6S. The average Bonchev–Trinajstić information content (AvgIpc) is 3.98. The topological polar surface area (TPSA) is 44.5 Å². The summed E-state index contributed by atoms with van der Waals surface area (Å²) in [5, 5.41) is 2.56. The molecule has 0 aliphatic rings. The van der Waals surface area contributed by atoms with Gasteiger partial charge in [0.25, 0.3) is 0 Å². The predicted molar refractivity (Wildman–Crippen MR) is 211 cm³/mol. The maximum Gasteiger partial charge on any atom is 0.220 e. The molecule has 238 valence electrons. The van der Waals surface area contributed by atoms with E-state index in [9.17, 15) is 0 Å². The Balaban J connectivity index is 1.14. The summed E-state index contributed by atoms with van der Waals surface area (Å²) in [6.07, 6.45) is 0. The van der Waals surface area contributed by atoms with E-state index in [-0.39, 0.29) is 0 Å². The molecule has 12 rings (SSSR count). The van der Waals surface area contributed by atoms with Gasteiger partial charge in [0.2, 0.25) is 11.6 Å². The van der Waals surface area contributed by atoms with Crippen molar-refractivity contribution in [2.24, 2.45) is 0 Å². The van der Waals surface area contributed by atoms with Gasteiger partial charge in [-0.2, -0.15) is 0 Å². The van der Waals surface area contributed by atoms with Crippen LogP contribution < -0.4 is 0 Å². The van der Waals surface area contributed by atoms with Gasteiger partial charge in [0.1, 0.15) is 0 Å². The third-order valence-electron chi connectivity index (χ3n) is 10.4. The Kier molecular flexibility index (Phi) is 5.29. The van der Waals surface area contributed by atoms with Crippen molar-refractivity contribution in [1.82, 2.24) is 27.9 Å². The molecule has 51 heavy (non-hydrogen) atoms. The van der Waals surface area contributed by atoms with E-state index >= 15 is 0 Å². The Bertz CT molecular complexity index is 3370. The minimum Gasteiger partial charge on any atom is -0.278 e. The van der Waals surface area contributed by atoms with Gasteiger partial charge in [0.15, 0.2) is 0 Å². The minimum atomic E-state index is 0.907. The molecule has 5 aromatic heterocycles. The highest BCUT2D eigenvalue weighted by Gasteiger charge is 2.22. The number of rotatable bonds is 3. The largest absolute Gasteiger partial charge is 0.278 e. The highest BCUT2D eigenvalue weighted by atomic mass is 32.1. The number of benzene rings is 7. The van der Waals surface area contributed by atoms with Gasteiger partial charge in [-0.05, 0) is 83.9 Å². The van der Waals surface area contributed by atoms with Gasteiger partial charge in [0.05, 0.1) is 54.5 Å². The van der Waals surface area contributed by atoms with Crippen molar-refractivity contribution in [3.8, 4) is 22.5 Å². The maximum atomic E-state index is 5.24. The molecule has 0 aliphatic heterocycles. The fourth-order valence-electron chi connectivity index (χ4n) is 8.14. The SMILES string of the molecule is c1ccc(-n2c3ccc(-c4ccc5c(c4)n4c6ccccc6nc4n5-c4cccc5c4sc4ccccc45)cc3n3c4ccccc4nc23)cc1. The molecule has 5 heterocycles. The molecule has 0 N–H and O–H groups in total. The first kappa shape index (κ1) is 27.2. The third kappa shape index (κ3) is 3.65. The molecule has 12 aromatic rings. The van der Waals surface area contributed by atoms with Gasteiger partial charge in [-0.25, -0.2) is 9.97 Å². The molecule has 0 saturated carbocycles. The smallest absolute Gasteiger partial charge is 0.220 e. The van der Waals surface area contributed by atoms with E-state index in [1.165, 1.54) is 20.2 Å². The van der Waals surface area contributed by atoms with Gasteiger partial charge < -0.3 is 0 Å². The molecule has 0 aliphatic carbocycles. The van der Waals surface area contributed by atoms with Crippen LogP contribution in [0.3, 0.4) is 0 Å². The van der Waals surface area contributed by atoms with Crippen molar-refractivity contribution in [1.29, 1.82) is 0 Å². The molecule has 0 unspecified atom stereocenters. The van der Waals surface area contributed by atoms with Crippen molar-refractivity contribution in [3.05, 3.63) is 158 Å². The van der Waals surface area contributed by atoms with Crippen LogP contribution in [0.2, 0.25) is 0 Å². The number of para-hydroxylation sites is 5. The van der Waals surface area contributed by atoms with E-state index in [1.807, 2.05) is 11.3 Å². The summed E-state index contributed by atoms with van der Waals surface area (Å²) in [4.78, 5) is 10.3. The first-order valence-electron chi connectivity index (χ1n) is 17.1. The zero-order chi connectivity index (χ0) is 33.2. The summed E-state index contributed by atoms with van der Waals surface area (Å²) in [6.45, 7) is 0. The molecule has 0 bridgehead atoms. The van der Waals surface area contributed by atoms with Gasteiger partial charge in [-0.1, -0.05) is 84.9 Å². The number of imidazole rings is 4. The maximum absolute atomic E-state index is 5.24. The average molecular weight is 671 g/mol. The number of fused-ring (bicyclic) bond motifs is 13. The van der Waals surface area contributed by atoms with Crippen LogP contribution in [0.5, 0.6) is 0 Å². The summed E-state index contributed by atoms with van der Waals surface area (Å²) >= 11 is 1.85. The monoisotopic (exact) mass is 670 g/mol. The second kappa shape index (κ2) is 9.94. The predicted octanol–water partition coefficient (Wildman–Crippen LogP) is 11.2. The molecule has 0 radical (unpaired) electrons. The number of hydrogen-bond donors (Lipinski definition) is 0. The van der Waals surface area contributed by atoms with E-state index in [2.05, 4.69) is 176 Å². The number of hydrogen-bond acceptors (Lipinski definition) is 3. The lowest BCUT2D eigenvalue weighted by Crippen LogP contribution is -1.95. The van der Waals surface area contributed by atoms with Crippen LogP contribution in [-0.2, 0) is 0 Å². The highest BCUT2D eigenvalue weighted by molar-refractivity contribution is 7.26. The molecule has 0 fully saturated rings. The van der Waals surface area contributed by atoms with Crippen LogP contribution in [0.4, 0.5) is 0 Å². The molecule has 7 aromatic carbocycles. The fourth-order valence-corrected chi connectivity index (χ4v) is 9.34. The Morgan fingerprint density at radius 2 is 0.980 bits per heavy atom. The first-order valence-corrected chi connectivity index (χ1v) is 17.9. The fraction of sp³-hybridized carbons (Fsp3) is 0. The molecule has 0 atom stereocenters. The van der Waals surface area contributed by atoms with Crippen LogP contribution in [0.15, 0.2) is 158 Å². The Labute approximate surface area is 294 Å². The molecule has 7 heteroatoms. The lowest BCUT2D eigenvalue weighted by atomic mass is 10.0. The Morgan fingerprint density at radius 3 is 1.69 bits per heavy atom. The third-order valence-corrected chi connectivity index (χ3v) is 11.6. The standard InChI is InChI=1S/C44H26N6S/c1-2-11-29(12-3-1)47-36-23-21-27(25-39(36)48-34-17-7-5-15-32(34)45-43(47)48)28-22-24-37-40(26-28)49-35-18-8-6-16-33(35)46-44(49)50(37)38-19-10-14-31-30-13-4-9-20-41(30)51-42(31)38/h1-26H. The molecule has 0 amide bonds. The second-order valence-electron chi connectivity index (χ2n) is 13.1. The normalized spacial score (nSPS) is 12.3. The van der Waals surface area contributed by atoms with E-state index < -0.39 is 0 Å². The van der Waals surface area contributed by atoms with Gasteiger partial charge in [-0.15, -0.1) is 11.3 Å². The van der Waals surface area contributed by atoms with Crippen molar-refractivity contribution in [2.75, 3.05) is 0 Å². The van der Waals surface area contributed by atoms with E-state index in [4.69, 9.17) is 9.97 Å². The van der Waals surface area contributed by atoms with Gasteiger partial charge >= 0.3 is 0 Å². The number of aromatic nitrogens is 6. The lowest BCUT2D eigenvalue weighted by molar-refractivity contribution is 1.11. The minimum absolute atomic E-state index is 0.907. The highest BCUT2D eigenvalue weighted by Crippen LogP contribution is 2.41. The summed E-state index contributed by atoms with van der Waals surface area (Å²) in [6, 6.07) is 56.3. The summed E-state index contributed by atoms with van der Waals surface area (Å²) in [5.74, 6) is 1.82.